The summed E-state index contributed by atoms with van der Waals surface area (Å²) < 4.78 is 2.83. The van der Waals surface area contributed by atoms with Gasteiger partial charge >= 0.3 is 11.8 Å². The number of nitrogens with zero attached hydrogens (tertiary/aromatic N) is 2. The summed E-state index contributed by atoms with van der Waals surface area (Å²) in [5.41, 5.74) is 7.95. The third kappa shape index (κ3) is 4.63. The maximum Gasteiger partial charge on any atom is 0.329 e. The van der Waals surface area contributed by atoms with Crippen molar-refractivity contribution in [1.29, 1.82) is 0 Å². The molecular formula is C22H21BrN4O2. The van der Waals surface area contributed by atoms with Crippen LogP contribution in [-0.4, -0.2) is 22.6 Å². The monoisotopic (exact) mass is 452 g/mol. The van der Waals surface area contributed by atoms with Gasteiger partial charge in [-0.3, -0.25) is 9.59 Å². The normalized spacial score (nSPS) is 10.9. The number of nitrogens with one attached hydrogen (secondary N) is 2. The van der Waals surface area contributed by atoms with E-state index < -0.39 is 11.8 Å². The van der Waals surface area contributed by atoms with Gasteiger partial charge in [-0.25, -0.2) is 5.43 Å². The number of amides is 2. The number of carbonyl (C=O) groups excluding carboxylic acids is 2. The number of hydrazone groups is 1. The van der Waals surface area contributed by atoms with Crippen LogP contribution in [0.1, 0.15) is 22.5 Å². The van der Waals surface area contributed by atoms with E-state index >= 15 is 0 Å². The molecule has 2 N–H and O–H groups in total. The van der Waals surface area contributed by atoms with Crippen molar-refractivity contribution >= 4 is 39.6 Å². The molecule has 0 aliphatic heterocycles. The molecule has 0 saturated heterocycles. The van der Waals surface area contributed by atoms with Crippen molar-refractivity contribution in [2.45, 2.75) is 20.8 Å². The molecule has 0 fully saturated rings. The standard InChI is InChI=1S/C22H21BrN4O2/c1-14-8-4-7-11-20(14)27-15(2)12-17(16(27)3)13-24-26-22(29)21(28)25-19-10-6-5-9-18(19)23/h4-13H,1-3H3,(H,25,28)(H,26,29)/b24-13-. The van der Waals surface area contributed by atoms with Crippen molar-refractivity contribution in [1.82, 2.24) is 9.99 Å². The van der Waals surface area contributed by atoms with Crippen molar-refractivity contribution in [3.63, 3.8) is 0 Å². The molecule has 6 nitrogen and oxygen atoms in total. The second-order valence-corrected chi connectivity index (χ2v) is 7.44. The molecule has 0 atom stereocenters. The number of halogens is 1. The topological polar surface area (TPSA) is 75.5 Å². The number of benzene rings is 2. The van der Waals surface area contributed by atoms with Crippen LogP contribution in [0.15, 0.2) is 64.2 Å². The fourth-order valence-electron chi connectivity index (χ4n) is 3.06. The summed E-state index contributed by atoms with van der Waals surface area (Å²) in [4.78, 5) is 24.0. The number of aryl methyl sites for hydroxylation is 2. The maximum absolute atomic E-state index is 12.0. The molecule has 0 saturated carbocycles. The zero-order valence-corrected chi connectivity index (χ0v) is 17.9. The third-order valence-electron chi connectivity index (χ3n) is 4.52. The summed E-state index contributed by atoms with van der Waals surface area (Å²) in [6.45, 7) is 6.06. The first-order chi connectivity index (χ1) is 13.9. The molecule has 2 aromatic carbocycles. The molecule has 2 amide bonds. The molecule has 1 aromatic heterocycles. The van der Waals surface area contributed by atoms with Crippen LogP contribution in [0.5, 0.6) is 0 Å². The van der Waals surface area contributed by atoms with Crippen LogP contribution in [0.2, 0.25) is 0 Å². The molecule has 0 aliphatic rings. The van der Waals surface area contributed by atoms with E-state index in [2.05, 4.69) is 55.4 Å². The smallest absolute Gasteiger partial charge is 0.318 e. The van der Waals surface area contributed by atoms with Gasteiger partial charge in [-0.15, -0.1) is 0 Å². The number of anilines is 1. The first-order valence-electron chi connectivity index (χ1n) is 9.02. The largest absolute Gasteiger partial charge is 0.329 e. The molecule has 0 spiro atoms. The Morgan fingerprint density at radius 2 is 1.69 bits per heavy atom. The number of hydrogen-bond acceptors (Lipinski definition) is 3. The van der Waals surface area contributed by atoms with Crippen LogP contribution in [-0.2, 0) is 9.59 Å². The molecule has 0 aliphatic carbocycles. The highest BCUT2D eigenvalue weighted by atomic mass is 79.9. The Balaban J connectivity index is 1.70. The van der Waals surface area contributed by atoms with Gasteiger partial charge in [0.1, 0.15) is 0 Å². The Hall–Kier alpha value is -3.19. The van der Waals surface area contributed by atoms with Crippen LogP contribution >= 0.6 is 15.9 Å². The number of aromatic nitrogens is 1. The summed E-state index contributed by atoms with van der Waals surface area (Å²) >= 11 is 3.32. The Labute approximate surface area is 177 Å². The van der Waals surface area contributed by atoms with E-state index in [4.69, 9.17) is 0 Å². The first-order valence-corrected chi connectivity index (χ1v) is 9.81. The van der Waals surface area contributed by atoms with Gasteiger partial charge in [-0.1, -0.05) is 30.3 Å². The van der Waals surface area contributed by atoms with E-state index in [9.17, 15) is 9.59 Å². The van der Waals surface area contributed by atoms with Crippen molar-refractivity contribution in [2.75, 3.05) is 5.32 Å². The van der Waals surface area contributed by atoms with E-state index in [-0.39, 0.29) is 0 Å². The molecule has 29 heavy (non-hydrogen) atoms. The third-order valence-corrected chi connectivity index (χ3v) is 5.22. The minimum Gasteiger partial charge on any atom is -0.318 e. The number of para-hydroxylation sites is 2. The van der Waals surface area contributed by atoms with Gasteiger partial charge in [0.25, 0.3) is 0 Å². The summed E-state index contributed by atoms with van der Waals surface area (Å²) in [7, 11) is 0. The van der Waals surface area contributed by atoms with E-state index in [0.29, 0.717) is 10.2 Å². The summed E-state index contributed by atoms with van der Waals surface area (Å²) in [6, 6.07) is 17.2. The molecule has 7 heteroatoms. The Bertz CT molecular complexity index is 1100. The van der Waals surface area contributed by atoms with Gasteiger partial charge in [0.2, 0.25) is 0 Å². The Kier molecular flexibility index (Phi) is 6.29. The SMILES string of the molecule is Cc1ccccc1-n1c(C)cc(/C=N\NC(=O)C(=O)Nc2ccccc2Br)c1C. The van der Waals surface area contributed by atoms with Crippen molar-refractivity contribution in [3.05, 3.63) is 81.6 Å². The second-order valence-electron chi connectivity index (χ2n) is 6.58. The maximum atomic E-state index is 12.0. The first kappa shape index (κ1) is 20.5. The zero-order chi connectivity index (χ0) is 21.0. The quantitative estimate of drug-likeness (QED) is 0.352. The van der Waals surface area contributed by atoms with Crippen LogP contribution in [0.25, 0.3) is 5.69 Å². The van der Waals surface area contributed by atoms with E-state index in [1.807, 2.05) is 38.1 Å². The molecule has 148 valence electrons. The van der Waals surface area contributed by atoms with Gasteiger partial charge in [0.15, 0.2) is 0 Å². The van der Waals surface area contributed by atoms with Crippen LogP contribution < -0.4 is 10.7 Å². The molecule has 0 bridgehead atoms. The zero-order valence-electron chi connectivity index (χ0n) is 16.4. The highest BCUT2D eigenvalue weighted by Gasteiger charge is 2.15. The van der Waals surface area contributed by atoms with Crippen LogP contribution in [0.4, 0.5) is 5.69 Å². The summed E-state index contributed by atoms with van der Waals surface area (Å²) in [6.07, 6.45) is 1.54. The minimum absolute atomic E-state index is 0.512. The minimum atomic E-state index is -0.843. The Morgan fingerprint density at radius 3 is 2.41 bits per heavy atom. The number of hydrogen-bond donors (Lipinski definition) is 2. The number of rotatable bonds is 4. The molecule has 0 radical (unpaired) electrons. The van der Waals surface area contributed by atoms with Crippen molar-refractivity contribution in [2.24, 2.45) is 5.10 Å². The predicted molar refractivity (Wildman–Crippen MR) is 118 cm³/mol. The molecule has 1 heterocycles. The van der Waals surface area contributed by atoms with E-state index in [1.54, 1.807) is 24.4 Å². The lowest BCUT2D eigenvalue weighted by atomic mass is 10.2. The fourth-order valence-corrected chi connectivity index (χ4v) is 3.44. The van der Waals surface area contributed by atoms with Crippen LogP contribution in [0.3, 0.4) is 0 Å². The van der Waals surface area contributed by atoms with Gasteiger partial charge in [-0.05, 0) is 66.5 Å². The lowest BCUT2D eigenvalue weighted by Crippen LogP contribution is -2.32. The van der Waals surface area contributed by atoms with E-state index in [1.165, 1.54) is 0 Å². The van der Waals surface area contributed by atoms with Gasteiger partial charge < -0.3 is 9.88 Å². The highest BCUT2D eigenvalue weighted by molar-refractivity contribution is 9.10. The van der Waals surface area contributed by atoms with E-state index in [0.717, 1.165) is 28.2 Å². The van der Waals surface area contributed by atoms with Gasteiger partial charge in [0.05, 0.1) is 11.9 Å². The Morgan fingerprint density at radius 1 is 1.00 bits per heavy atom. The highest BCUT2D eigenvalue weighted by Crippen LogP contribution is 2.22. The predicted octanol–water partition coefficient (Wildman–Crippen LogP) is 4.25. The summed E-state index contributed by atoms with van der Waals surface area (Å²) in [5, 5.41) is 6.48. The lowest BCUT2D eigenvalue weighted by Gasteiger charge is -2.12. The molecule has 3 aromatic rings. The van der Waals surface area contributed by atoms with Crippen LogP contribution in [0, 0.1) is 20.8 Å². The fraction of sp³-hybridized carbons (Fsp3) is 0.136. The van der Waals surface area contributed by atoms with Gasteiger partial charge in [-0.2, -0.15) is 5.10 Å². The second kappa shape index (κ2) is 8.87. The number of carbonyl (C=O) groups is 2. The average Bonchev–Trinajstić information content (AvgIpc) is 2.97. The molecule has 0 unspecified atom stereocenters. The lowest BCUT2D eigenvalue weighted by molar-refractivity contribution is -0.136. The summed E-state index contributed by atoms with van der Waals surface area (Å²) in [5.74, 6) is -1.64. The van der Waals surface area contributed by atoms with Crippen molar-refractivity contribution in [3.8, 4) is 5.69 Å². The molecule has 3 rings (SSSR count). The molecular weight excluding hydrogens is 432 g/mol. The average molecular weight is 453 g/mol. The van der Waals surface area contributed by atoms with Gasteiger partial charge in [0, 0.05) is 27.1 Å². The van der Waals surface area contributed by atoms with Crippen molar-refractivity contribution < 1.29 is 9.59 Å².